The van der Waals surface area contributed by atoms with Gasteiger partial charge in [-0.2, -0.15) is 0 Å². The van der Waals surface area contributed by atoms with Gasteiger partial charge in [-0.3, -0.25) is 0 Å². The van der Waals surface area contributed by atoms with E-state index in [1.807, 2.05) is 18.2 Å². The van der Waals surface area contributed by atoms with Crippen molar-refractivity contribution in [2.24, 2.45) is 0 Å². The summed E-state index contributed by atoms with van der Waals surface area (Å²) in [6, 6.07) is 8.51. The minimum atomic E-state index is 0.240. The van der Waals surface area contributed by atoms with E-state index in [1.165, 1.54) is 5.56 Å². The highest BCUT2D eigenvalue weighted by atomic mass is 79.9. The summed E-state index contributed by atoms with van der Waals surface area (Å²) in [7, 11) is 0. The number of aliphatic hydroxyl groups excluding tert-OH is 1. The van der Waals surface area contributed by atoms with Crippen LogP contribution in [0.3, 0.4) is 0 Å². The Balaban J connectivity index is 2.41. The number of nitrogens with one attached hydrogen (secondary N) is 1. The quantitative estimate of drug-likeness (QED) is 0.849. The summed E-state index contributed by atoms with van der Waals surface area (Å²) in [4.78, 5) is 0. The largest absolute Gasteiger partial charge is 0.396 e. The minimum Gasteiger partial charge on any atom is -0.396 e. The molecule has 0 aliphatic carbocycles. The van der Waals surface area contributed by atoms with Crippen LogP contribution in [0.5, 0.6) is 0 Å². The summed E-state index contributed by atoms with van der Waals surface area (Å²) in [5.41, 5.74) is 1.25. The third kappa shape index (κ3) is 3.78. The van der Waals surface area contributed by atoms with Crippen LogP contribution >= 0.6 is 15.9 Å². The fraction of sp³-hybridized carbons (Fsp3) is 0.455. The Labute approximate surface area is 93.5 Å². The average Bonchev–Trinajstić information content (AvgIpc) is 2.17. The number of hydrogen-bond acceptors (Lipinski definition) is 2. The van der Waals surface area contributed by atoms with Crippen molar-refractivity contribution in [3.63, 3.8) is 0 Å². The van der Waals surface area contributed by atoms with Gasteiger partial charge in [0.1, 0.15) is 0 Å². The van der Waals surface area contributed by atoms with Crippen molar-refractivity contribution in [2.75, 3.05) is 6.61 Å². The summed E-state index contributed by atoms with van der Waals surface area (Å²) in [6.45, 7) is 3.15. The zero-order valence-corrected chi connectivity index (χ0v) is 9.92. The number of aliphatic hydroxyl groups is 1. The van der Waals surface area contributed by atoms with Gasteiger partial charge in [0.25, 0.3) is 0 Å². The lowest BCUT2D eigenvalue weighted by Crippen LogP contribution is -2.26. The highest BCUT2D eigenvalue weighted by Crippen LogP contribution is 2.15. The van der Waals surface area contributed by atoms with Gasteiger partial charge < -0.3 is 10.4 Å². The first-order chi connectivity index (χ1) is 6.74. The van der Waals surface area contributed by atoms with Gasteiger partial charge in [-0.1, -0.05) is 34.1 Å². The number of benzene rings is 1. The van der Waals surface area contributed by atoms with E-state index in [9.17, 15) is 0 Å². The second kappa shape index (κ2) is 6.17. The van der Waals surface area contributed by atoms with Crippen LogP contribution in [0.1, 0.15) is 18.9 Å². The monoisotopic (exact) mass is 257 g/mol. The van der Waals surface area contributed by atoms with Crippen molar-refractivity contribution < 1.29 is 5.11 Å². The molecule has 1 rings (SSSR count). The van der Waals surface area contributed by atoms with Crippen molar-refractivity contribution in [3.05, 3.63) is 34.3 Å². The van der Waals surface area contributed by atoms with Gasteiger partial charge in [0.05, 0.1) is 0 Å². The highest BCUT2D eigenvalue weighted by molar-refractivity contribution is 9.10. The number of hydrogen-bond donors (Lipinski definition) is 2. The molecule has 2 nitrogen and oxygen atoms in total. The molecule has 0 saturated heterocycles. The maximum Gasteiger partial charge on any atom is 0.0445 e. The first-order valence-electron chi connectivity index (χ1n) is 4.81. The van der Waals surface area contributed by atoms with E-state index in [0.29, 0.717) is 6.04 Å². The van der Waals surface area contributed by atoms with Crippen LogP contribution in [0, 0.1) is 0 Å². The van der Waals surface area contributed by atoms with Gasteiger partial charge in [-0.15, -0.1) is 0 Å². The van der Waals surface area contributed by atoms with Crippen LogP contribution in [0.15, 0.2) is 28.7 Å². The van der Waals surface area contributed by atoms with E-state index in [0.717, 1.165) is 17.4 Å². The molecule has 0 aliphatic rings. The lowest BCUT2D eigenvalue weighted by molar-refractivity contribution is 0.268. The SMILES string of the molecule is CC(CCO)NCc1ccccc1Br. The van der Waals surface area contributed by atoms with E-state index >= 15 is 0 Å². The van der Waals surface area contributed by atoms with Crippen LogP contribution in [0.4, 0.5) is 0 Å². The molecule has 3 heteroatoms. The molecule has 0 amide bonds. The molecular weight excluding hydrogens is 242 g/mol. The molecule has 0 fully saturated rings. The van der Waals surface area contributed by atoms with E-state index in [2.05, 4.69) is 34.2 Å². The summed E-state index contributed by atoms with van der Waals surface area (Å²) < 4.78 is 1.13. The Morgan fingerprint density at radius 2 is 2.14 bits per heavy atom. The van der Waals surface area contributed by atoms with Gasteiger partial charge in [0, 0.05) is 23.7 Å². The molecule has 1 aromatic carbocycles. The van der Waals surface area contributed by atoms with E-state index in [-0.39, 0.29) is 6.61 Å². The second-order valence-corrected chi connectivity index (χ2v) is 4.24. The molecule has 0 radical (unpaired) electrons. The molecule has 0 spiro atoms. The van der Waals surface area contributed by atoms with Crippen molar-refractivity contribution in [3.8, 4) is 0 Å². The first-order valence-corrected chi connectivity index (χ1v) is 5.61. The molecule has 0 aromatic heterocycles. The van der Waals surface area contributed by atoms with Gasteiger partial charge in [-0.25, -0.2) is 0 Å². The maximum atomic E-state index is 8.74. The predicted molar refractivity (Wildman–Crippen MR) is 62.1 cm³/mol. The Morgan fingerprint density at radius 3 is 2.79 bits per heavy atom. The fourth-order valence-electron chi connectivity index (χ4n) is 1.22. The molecule has 1 unspecified atom stereocenters. The third-order valence-corrected chi connectivity index (χ3v) is 2.93. The van der Waals surface area contributed by atoms with Crippen molar-refractivity contribution in [1.82, 2.24) is 5.32 Å². The van der Waals surface area contributed by atoms with Gasteiger partial charge in [0.15, 0.2) is 0 Å². The zero-order valence-electron chi connectivity index (χ0n) is 8.33. The molecule has 0 bridgehead atoms. The van der Waals surface area contributed by atoms with Crippen molar-refractivity contribution in [2.45, 2.75) is 25.9 Å². The number of halogens is 1. The lowest BCUT2D eigenvalue weighted by atomic mass is 10.2. The van der Waals surface area contributed by atoms with Gasteiger partial charge in [0.2, 0.25) is 0 Å². The van der Waals surface area contributed by atoms with Crippen molar-refractivity contribution >= 4 is 15.9 Å². The molecule has 78 valence electrons. The van der Waals surface area contributed by atoms with Crippen LogP contribution in [-0.4, -0.2) is 17.8 Å². The Hall–Kier alpha value is -0.380. The standard InChI is InChI=1S/C11H16BrNO/c1-9(6-7-14)13-8-10-4-2-3-5-11(10)12/h2-5,9,13-14H,6-8H2,1H3. The van der Waals surface area contributed by atoms with E-state index in [4.69, 9.17) is 5.11 Å². The topological polar surface area (TPSA) is 32.3 Å². The van der Waals surface area contributed by atoms with E-state index < -0.39 is 0 Å². The van der Waals surface area contributed by atoms with E-state index in [1.54, 1.807) is 0 Å². The van der Waals surface area contributed by atoms with Crippen molar-refractivity contribution in [1.29, 1.82) is 0 Å². The van der Waals surface area contributed by atoms with Gasteiger partial charge >= 0.3 is 0 Å². The maximum absolute atomic E-state index is 8.74. The molecule has 14 heavy (non-hydrogen) atoms. The number of rotatable bonds is 5. The molecule has 1 aromatic rings. The zero-order chi connectivity index (χ0) is 10.4. The predicted octanol–water partition coefficient (Wildman–Crippen LogP) is 2.31. The Bertz CT molecular complexity index is 278. The summed E-state index contributed by atoms with van der Waals surface area (Å²) in [5, 5.41) is 12.1. The smallest absolute Gasteiger partial charge is 0.0445 e. The Kier molecular flexibility index (Phi) is 5.15. The van der Waals surface area contributed by atoms with Crippen LogP contribution in [-0.2, 0) is 6.54 Å². The first kappa shape index (κ1) is 11.7. The fourth-order valence-corrected chi connectivity index (χ4v) is 1.65. The summed E-state index contributed by atoms with van der Waals surface area (Å²) >= 11 is 3.50. The summed E-state index contributed by atoms with van der Waals surface area (Å²) in [5.74, 6) is 0. The van der Waals surface area contributed by atoms with Crippen LogP contribution in [0.25, 0.3) is 0 Å². The molecule has 1 atom stereocenters. The second-order valence-electron chi connectivity index (χ2n) is 3.39. The molecule has 0 heterocycles. The molecule has 0 aliphatic heterocycles. The summed E-state index contributed by atoms with van der Waals surface area (Å²) in [6.07, 6.45) is 0.796. The third-order valence-electron chi connectivity index (χ3n) is 2.16. The lowest BCUT2D eigenvalue weighted by Gasteiger charge is -2.12. The molecule has 2 N–H and O–H groups in total. The average molecular weight is 258 g/mol. The normalized spacial score (nSPS) is 12.8. The molecule has 0 saturated carbocycles. The van der Waals surface area contributed by atoms with Crippen LogP contribution < -0.4 is 5.32 Å². The van der Waals surface area contributed by atoms with Gasteiger partial charge in [-0.05, 0) is 25.0 Å². The minimum absolute atomic E-state index is 0.240. The van der Waals surface area contributed by atoms with Crippen LogP contribution in [0.2, 0.25) is 0 Å². The Morgan fingerprint density at radius 1 is 1.43 bits per heavy atom. The molecular formula is C11H16BrNO. The highest BCUT2D eigenvalue weighted by Gasteiger charge is 2.02.